The van der Waals surface area contributed by atoms with E-state index in [1.54, 1.807) is 0 Å². The van der Waals surface area contributed by atoms with Gasteiger partial charge in [-0.1, -0.05) is 25.5 Å². The molecular weight excluding hydrogens is 198 g/mol. The average molecular weight is 219 g/mol. The van der Waals surface area contributed by atoms with Crippen LogP contribution in [0, 0.1) is 17.3 Å². The molecule has 0 aromatic heterocycles. The topological polar surface area (TPSA) is 20.3 Å². The number of rotatable bonds is 2. The molecule has 0 aromatic carbocycles. The van der Waals surface area contributed by atoms with E-state index in [4.69, 9.17) is 0 Å². The Morgan fingerprint density at radius 3 is 2.50 bits per heavy atom. The van der Waals surface area contributed by atoms with Gasteiger partial charge in [0.15, 0.2) is 0 Å². The first-order chi connectivity index (χ1) is 7.61. The Balaban J connectivity index is 1.63. The molecule has 0 saturated heterocycles. The Morgan fingerprint density at radius 2 is 2.12 bits per heavy atom. The highest BCUT2D eigenvalue weighted by atomic mass is 16.2. The van der Waals surface area contributed by atoms with Crippen molar-refractivity contribution in [1.29, 1.82) is 0 Å². The molecule has 16 heavy (non-hydrogen) atoms. The highest BCUT2D eigenvalue weighted by molar-refractivity contribution is 5.86. The lowest BCUT2D eigenvalue weighted by Gasteiger charge is -2.61. The molecule has 4 aliphatic rings. The monoisotopic (exact) mass is 219 g/mol. The van der Waals surface area contributed by atoms with E-state index in [0.29, 0.717) is 11.8 Å². The molecule has 1 aliphatic heterocycles. The van der Waals surface area contributed by atoms with E-state index in [2.05, 4.69) is 24.8 Å². The van der Waals surface area contributed by atoms with Crippen molar-refractivity contribution in [2.24, 2.45) is 17.3 Å². The van der Waals surface area contributed by atoms with Gasteiger partial charge in [-0.25, -0.2) is 0 Å². The summed E-state index contributed by atoms with van der Waals surface area (Å²) >= 11 is 0. The minimum atomic E-state index is 0.119. The molecule has 2 nitrogen and oxygen atoms in total. The number of carbonyl (C=O) groups is 1. The molecule has 0 aromatic rings. The first kappa shape index (κ1) is 10.4. The van der Waals surface area contributed by atoms with Crippen LogP contribution in [0.4, 0.5) is 0 Å². The average Bonchev–Trinajstić information content (AvgIpc) is 2.13. The van der Waals surface area contributed by atoms with Crippen LogP contribution in [0.1, 0.15) is 39.5 Å². The van der Waals surface area contributed by atoms with Gasteiger partial charge in [0.1, 0.15) is 0 Å². The van der Waals surface area contributed by atoms with Gasteiger partial charge in [-0.3, -0.25) is 4.79 Å². The summed E-state index contributed by atoms with van der Waals surface area (Å²) in [4.78, 5) is 14.4. The molecule has 3 aliphatic carbocycles. The van der Waals surface area contributed by atoms with Crippen molar-refractivity contribution >= 4 is 5.91 Å². The number of amides is 1. The van der Waals surface area contributed by atoms with Gasteiger partial charge in [0, 0.05) is 13.1 Å². The summed E-state index contributed by atoms with van der Waals surface area (Å²) in [6, 6.07) is 0. The Labute approximate surface area is 97.7 Å². The van der Waals surface area contributed by atoms with Crippen molar-refractivity contribution in [2.45, 2.75) is 39.5 Å². The minimum Gasteiger partial charge on any atom is -0.338 e. The summed E-state index contributed by atoms with van der Waals surface area (Å²) in [5.41, 5.74) is 1.65. The number of hydrogen-bond acceptors (Lipinski definition) is 1. The standard InChI is InChI=1S/C14H21NO/c1-10(2)12-3-5-15(6-4-12)13(16)14-7-11(8-14)9-14/h3,10-11H,4-9H2,1-2H3. The van der Waals surface area contributed by atoms with E-state index in [9.17, 15) is 4.79 Å². The molecule has 0 unspecified atom stereocenters. The molecule has 4 rings (SSSR count). The molecule has 0 atom stereocenters. The smallest absolute Gasteiger partial charge is 0.229 e. The lowest BCUT2D eigenvalue weighted by Crippen LogP contribution is -2.61. The number of carbonyl (C=O) groups excluding carboxylic acids is 1. The minimum absolute atomic E-state index is 0.119. The molecule has 88 valence electrons. The third-order valence-corrected chi connectivity index (χ3v) is 4.76. The van der Waals surface area contributed by atoms with Crippen molar-refractivity contribution in [3.05, 3.63) is 11.6 Å². The molecule has 2 heteroatoms. The maximum atomic E-state index is 12.3. The fraction of sp³-hybridized carbons (Fsp3) is 0.786. The third kappa shape index (κ3) is 1.35. The summed E-state index contributed by atoms with van der Waals surface area (Å²) < 4.78 is 0. The molecular formula is C14H21NO. The van der Waals surface area contributed by atoms with Gasteiger partial charge in [0.25, 0.3) is 0 Å². The van der Waals surface area contributed by atoms with Crippen LogP contribution in [-0.2, 0) is 4.79 Å². The zero-order valence-corrected chi connectivity index (χ0v) is 10.3. The van der Waals surface area contributed by atoms with Gasteiger partial charge in [-0.05, 0) is 37.5 Å². The van der Waals surface area contributed by atoms with Crippen LogP contribution in [0.15, 0.2) is 11.6 Å². The summed E-state index contributed by atoms with van der Waals surface area (Å²) in [5.74, 6) is 2.00. The van der Waals surface area contributed by atoms with Crippen LogP contribution < -0.4 is 0 Å². The zero-order chi connectivity index (χ0) is 11.3. The maximum absolute atomic E-state index is 12.3. The fourth-order valence-corrected chi connectivity index (χ4v) is 3.47. The SMILES string of the molecule is CC(C)C1=CCN(C(=O)C23CC(C2)C3)CC1. The number of nitrogens with zero attached hydrogens (tertiary/aromatic N) is 1. The Hall–Kier alpha value is -0.790. The van der Waals surface area contributed by atoms with Gasteiger partial charge in [-0.15, -0.1) is 0 Å². The molecule has 0 spiro atoms. The second-order valence-corrected chi connectivity index (χ2v) is 6.19. The van der Waals surface area contributed by atoms with Crippen molar-refractivity contribution in [3.8, 4) is 0 Å². The predicted octanol–water partition coefficient (Wildman–Crippen LogP) is 2.60. The van der Waals surface area contributed by atoms with Crippen LogP contribution in [0.3, 0.4) is 0 Å². The van der Waals surface area contributed by atoms with E-state index in [1.165, 1.54) is 24.8 Å². The second kappa shape index (κ2) is 3.35. The van der Waals surface area contributed by atoms with Crippen LogP contribution in [0.25, 0.3) is 0 Å². The normalized spacial score (nSPS) is 36.6. The molecule has 1 amide bonds. The quantitative estimate of drug-likeness (QED) is 0.654. The zero-order valence-electron chi connectivity index (χ0n) is 10.3. The van der Waals surface area contributed by atoms with Crippen molar-refractivity contribution in [1.82, 2.24) is 4.90 Å². The summed E-state index contributed by atoms with van der Waals surface area (Å²) in [6.45, 7) is 6.29. The largest absolute Gasteiger partial charge is 0.338 e. The van der Waals surface area contributed by atoms with Crippen molar-refractivity contribution in [2.75, 3.05) is 13.1 Å². The lowest BCUT2D eigenvalue weighted by atomic mass is 9.44. The van der Waals surface area contributed by atoms with Crippen molar-refractivity contribution < 1.29 is 4.79 Å². The molecule has 0 N–H and O–H groups in total. The van der Waals surface area contributed by atoms with Gasteiger partial charge in [-0.2, -0.15) is 0 Å². The van der Waals surface area contributed by atoms with E-state index in [0.717, 1.165) is 25.4 Å². The highest BCUT2D eigenvalue weighted by Gasteiger charge is 2.62. The van der Waals surface area contributed by atoms with Gasteiger partial charge in [0.2, 0.25) is 5.91 Å². The summed E-state index contributed by atoms with van der Waals surface area (Å²) in [5, 5.41) is 0. The van der Waals surface area contributed by atoms with Crippen LogP contribution in [0.5, 0.6) is 0 Å². The fourth-order valence-electron chi connectivity index (χ4n) is 3.47. The van der Waals surface area contributed by atoms with Crippen LogP contribution in [0.2, 0.25) is 0 Å². The van der Waals surface area contributed by atoms with Gasteiger partial charge < -0.3 is 4.90 Å². The Bertz CT molecular complexity index is 339. The van der Waals surface area contributed by atoms with E-state index < -0.39 is 0 Å². The van der Waals surface area contributed by atoms with Crippen LogP contribution >= 0.6 is 0 Å². The molecule has 1 heterocycles. The Morgan fingerprint density at radius 1 is 1.44 bits per heavy atom. The lowest BCUT2D eigenvalue weighted by molar-refractivity contribution is -0.176. The predicted molar refractivity (Wildman–Crippen MR) is 63.9 cm³/mol. The highest BCUT2D eigenvalue weighted by Crippen LogP contribution is 2.65. The van der Waals surface area contributed by atoms with Gasteiger partial charge in [0.05, 0.1) is 5.41 Å². The van der Waals surface area contributed by atoms with E-state index in [1.807, 2.05) is 0 Å². The third-order valence-electron chi connectivity index (χ3n) is 4.76. The van der Waals surface area contributed by atoms with E-state index in [-0.39, 0.29) is 5.41 Å². The van der Waals surface area contributed by atoms with Crippen LogP contribution in [-0.4, -0.2) is 23.9 Å². The summed E-state index contributed by atoms with van der Waals surface area (Å²) in [6.07, 6.45) is 6.91. The molecule has 2 bridgehead atoms. The van der Waals surface area contributed by atoms with Crippen molar-refractivity contribution in [3.63, 3.8) is 0 Å². The first-order valence-corrected chi connectivity index (χ1v) is 6.59. The van der Waals surface area contributed by atoms with Gasteiger partial charge >= 0.3 is 0 Å². The maximum Gasteiger partial charge on any atom is 0.229 e. The molecule has 0 radical (unpaired) electrons. The first-order valence-electron chi connectivity index (χ1n) is 6.59. The molecule has 3 saturated carbocycles. The summed E-state index contributed by atoms with van der Waals surface area (Å²) in [7, 11) is 0. The molecule has 3 fully saturated rings. The Kier molecular flexibility index (Phi) is 2.17. The number of hydrogen-bond donors (Lipinski definition) is 0. The second-order valence-electron chi connectivity index (χ2n) is 6.19. The van der Waals surface area contributed by atoms with E-state index >= 15 is 0 Å².